The summed E-state index contributed by atoms with van der Waals surface area (Å²) >= 11 is 3.68. The van der Waals surface area contributed by atoms with Gasteiger partial charge in [-0.1, -0.05) is 61.8 Å². The highest BCUT2D eigenvalue weighted by molar-refractivity contribution is 9.10. The average Bonchev–Trinajstić information content (AvgIpc) is 2.27. The van der Waals surface area contributed by atoms with E-state index in [2.05, 4.69) is 73.2 Å². The van der Waals surface area contributed by atoms with E-state index in [1.54, 1.807) is 0 Å². The van der Waals surface area contributed by atoms with Gasteiger partial charge in [0, 0.05) is 11.0 Å². The minimum Gasteiger partial charge on any atom is -0.316 e. The topological polar surface area (TPSA) is 12.0 Å². The summed E-state index contributed by atoms with van der Waals surface area (Å²) in [5, 5.41) is 3.60. The molecule has 2 heteroatoms. The highest BCUT2D eigenvalue weighted by atomic mass is 79.9. The number of hydrogen-bond donors (Lipinski definition) is 1. The smallest absolute Gasteiger partial charge is 0.0210 e. The Hall–Kier alpha value is -0.340. The second-order valence-corrected chi connectivity index (χ2v) is 6.75. The van der Waals surface area contributed by atoms with Crippen LogP contribution < -0.4 is 5.32 Å². The molecule has 0 heterocycles. The Morgan fingerprint density at radius 3 is 2.22 bits per heavy atom. The van der Waals surface area contributed by atoms with Crippen LogP contribution in [0, 0.1) is 11.8 Å². The highest BCUT2D eigenvalue weighted by Crippen LogP contribution is 2.29. The minimum atomic E-state index is 0.597. The SMILES string of the molecule is CC(C)CNCC(CC(C)C)c1ccccc1Br. The molecule has 1 unspecified atom stereocenters. The quantitative estimate of drug-likeness (QED) is 0.761. The zero-order chi connectivity index (χ0) is 13.5. The van der Waals surface area contributed by atoms with Crippen LogP contribution in [-0.2, 0) is 0 Å². The van der Waals surface area contributed by atoms with Crippen molar-refractivity contribution in [1.82, 2.24) is 5.32 Å². The largest absolute Gasteiger partial charge is 0.316 e. The number of rotatable bonds is 7. The predicted molar refractivity (Wildman–Crippen MR) is 84.0 cm³/mol. The van der Waals surface area contributed by atoms with Crippen LogP contribution in [0.15, 0.2) is 28.7 Å². The number of benzene rings is 1. The molecule has 18 heavy (non-hydrogen) atoms. The first-order valence-corrected chi connectivity index (χ1v) is 7.75. The van der Waals surface area contributed by atoms with E-state index in [4.69, 9.17) is 0 Å². The summed E-state index contributed by atoms with van der Waals surface area (Å²) in [5.74, 6) is 2.03. The molecule has 0 amide bonds. The summed E-state index contributed by atoms with van der Waals surface area (Å²) in [6, 6.07) is 8.61. The van der Waals surface area contributed by atoms with E-state index in [1.165, 1.54) is 16.5 Å². The average molecular weight is 312 g/mol. The second kappa shape index (κ2) is 7.96. The van der Waals surface area contributed by atoms with E-state index < -0.39 is 0 Å². The van der Waals surface area contributed by atoms with Crippen molar-refractivity contribution in [2.45, 2.75) is 40.0 Å². The van der Waals surface area contributed by atoms with Crippen LogP contribution in [0.4, 0.5) is 0 Å². The molecule has 1 aromatic carbocycles. The summed E-state index contributed by atoms with van der Waals surface area (Å²) in [4.78, 5) is 0. The first kappa shape index (κ1) is 15.7. The Labute approximate surface area is 120 Å². The van der Waals surface area contributed by atoms with Crippen LogP contribution >= 0.6 is 15.9 Å². The van der Waals surface area contributed by atoms with E-state index in [0.717, 1.165) is 19.0 Å². The van der Waals surface area contributed by atoms with Crippen LogP contribution in [0.2, 0.25) is 0 Å². The lowest BCUT2D eigenvalue weighted by Crippen LogP contribution is -2.26. The lowest BCUT2D eigenvalue weighted by molar-refractivity contribution is 0.451. The molecule has 1 N–H and O–H groups in total. The first-order chi connectivity index (χ1) is 8.50. The molecule has 0 aliphatic carbocycles. The van der Waals surface area contributed by atoms with Gasteiger partial charge in [0.15, 0.2) is 0 Å². The van der Waals surface area contributed by atoms with Crippen molar-refractivity contribution < 1.29 is 0 Å². The third kappa shape index (κ3) is 5.53. The van der Waals surface area contributed by atoms with Crippen molar-refractivity contribution >= 4 is 15.9 Å². The molecule has 1 aromatic rings. The van der Waals surface area contributed by atoms with Gasteiger partial charge in [-0.3, -0.25) is 0 Å². The molecule has 0 spiro atoms. The molecule has 1 atom stereocenters. The molecule has 0 saturated carbocycles. The summed E-state index contributed by atoms with van der Waals surface area (Å²) in [5.41, 5.74) is 1.43. The standard InChI is InChI=1S/C16H26BrN/c1-12(2)9-14(11-18-10-13(3)4)15-7-5-6-8-16(15)17/h5-8,12-14,18H,9-11H2,1-4H3. The number of halogens is 1. The monoisotopic (exact) mass is 311 g/mol. The van der Waals surface area contributed by atoms with Crippen molar-refractivity contribution in [3.63, 3.8) is 0 Å². The van der Waals surface area contributed by atoms with Gasteiger partial charge in [-0.15, -0.1) is 0 Å². The van der Waals surface area contributed by atoms with Crippen LogP contribution in [0.1, 0.15) is 45.6 Å². The van der Waals surface area contributed by atoms with Crippen molar-refractivity contribution in [2.24, 2.45) is 11.8 Å². The number of hydrogen-bond acceptors (Lipinski definition) is 1. The fraction of sp³-hybridized carbons (Fsp3) is 0.625. The normalized spacial score (nSPS) is 13.3. The molecule has 1 rings (SSSR count). The zero-order valence-electron chi connectivity index (χ0n) is 12.0. The molecule has 0 aromatic heterocycles. The van der Waals surface area contributed by atoms with Crippen molar-refractivity contribution in [1.29, 1.82) is 0 Å². The van der Waals surface area contributed by atoms with Gasteiger partial charge in [-0.25, -0.2) is 0 Å². The fourth-order valence-corrected chi connectivity index (χ4v) is 2.85. The lowest BCUT2D eigenvalue weighted by atomic mass is 9.90. The third-order valence-electron chi connectivity index (χ3n) is 3.04. The Balaban J connectivity index is 2.69. The fourth-order valence-electron chi connectivity index (χ4n) is 2.24. The zero-order valence-corrected chi connectivity index (χ0v) is 13.6. The molecular formula is C16H26BrN. The molecular weight excluding hydrogens is 286 g/mol. The molecule has 0 radical (unpaired) electrons. The van der Waals surface area contributed by atoms with Gasteiger partial charge in [0.1, 0.15) is 0 Å². The summed E-state index contributed by atoms with van der Waals surface area (Å²) in [7, 11) is 0. The van der Waals surface area contributed by atoms with Gasteiger partial charge in [0.05, 0.1) is 0 Å². The van der Waals surface area contributed by atoms with Gasteiger partial charge < -0.3 is 5.32 Å². The van der Waals surface area contributed by atoms with Gasteiger partial charge in [0.25, 0.3) is 0 Å². The van der Waals surface area contributed by atoms with E-state index in [9.17, 15) is 0 Å². The van der Waals surface area contributed by atoms with Gasteiger partial charge in [-0.05, 0) is 42.3 Å². The van der Waals surface area contributed by atoms with E-state index >= 15 is 0 Å². The highest BCUT2D eigenvalue weighted by Gasteiger charge is 2.15. The Kier molecular flexibility index (Phi) is 6.95. The molecule has 102 valence electrons. The molecule has 0 aliphatic rings. The molecule has 1 nitrogen and oxygen atoms in total. The summed E-state index contributed by atoms with van der Waals surface area (Å²) in [6.45, 7) is 11.3. The number of nitrogens with one attached hydrogen (secondary N) is 1. The van der Waals surface area contributed by atoms with E-state index in [-0.39, 0.29) is 0 Å². The van der Waals surface area contributed by atoms with Crippen molar-refractivity contribution in [3.8, 4) is 0 Å². The maximum Gasteiger partial charge on any atom is 0.0210 e. The van der Waals surface area contributed by atoms with Gasteiger partial charge in [-0.2, -0.15) is 0 Å². The minimum absolute atomic E-state index is 0.597. The Morgan fingerprint density at radius 2 is 1.67 bits per heavy atom. The first-order valence-electron chi connectivity index (χ1n) is 6.95. The molecule has 0 fully saturated rings. The van der Waals surface area contributed by atoms with E-state index in [1.807, 2.05) is 0 Å². The van der Waals surface area contributed by atoms with Crippen molar-refractivity contribution in [2.75, 3.05) is 13.1 Å². The molecule has 0 aliphatic heterocycles. The maximum atomic E-state index is 3.68. The second-order valence-electron chi connectivity index (χ2n) is 5.90. The van der Waals surface area contributed by atoms with Gasteiger partial charge >= 0.3 is 0 Å². The van der Waals surface area contributed by atoms with Crippen LogP contribution in [-0.4, -0.2) is 13.1 Å². The third-order valence-corrected chi connectivity index (χ3v) is 3.77. The molecule has 0 saturated heterocycles. The maximum absolute atomic E-state index is 3.68. The predicted octanol–water partition coefficient (Wildman–Crippen LogP) is 4.82. The van der Waals surface area contributed by atoms with Crippen LogP contribution in [0.3, 0.4) is 0 Å². The van der Waals surface area contributed by atoms with Crippen LogP contribution in [0.5, 0.6) is 0 Å². The van der Waals surface area contributed by atoms with Crippen molar-refractivity contribution in [3.05, 3.63) is 34.3 Å². The summed E-state index contributed by atoms with van der Waals surface area (Å²) in [6.07, 6.45) is 1.23. The van der Waals surface area contributed by atoms with E-state index in [0.29, 0.717) is 11.8 Å². The Bertz CT molecular complexity index is 347. The van der Waals surface area contributed by atoms with Gasteiger partial charge in [0.2, 0.25) is 0 Å². The Morgan fingerprint density at radius 1 is 1.00 bits per heavy atom. The lowest BCUT2D eigenvalue weighted by Gasteiger charge is -2.22. The summed E-state index contributed by atoms with van der Waals surface area (Å²) < 4.78 is 1.24. The molecule has 0 bridgehead atoms. The van der Waals surface area contributed by atoms with Crippen LogP contribution in [0.25, 0.3) is 0 Å².